The fourth-order valence-electron chi connectivity index (χ4n) is 1.73. The van der Waals surface area contributed by atoms with Crippen LogP contribution in [0.25, 0.3) is 0 Å². The Hall–Kier alpha value is -2.47. The first kappa shape index (κ1) is 14.9. The van der Waals surface area contributed by atoms with E-state index in [4.69, 9.17) is 12.2 Å². The van der Waals surface area contributed by atoms with E-state index >= 15 is 0 Å². The lowest BCUT2D eigenvalue weighted by molar-refractivity contribution is -0.114. The van der Waals surface area contributed by atoms with Gasteiger partial charge in [-0.25, -0.2) is 4.39 Å². The molecule has 0 saturated carbocycles. The zero-order chi connectivity index (χ0) is 15.2. The van der Waals surface area contributed by atoms with Crippen LogP contribution in [-0.4, -0.2) is 11.0 Å². The van der Waals surface area contributed by atoms with Gasteiger partial charge in [0, 0.05) is 18.3 Å². The molecule has 0 fully saturated rings. The van der Waals surface area contributed by atoms with Crippen molar-refractivity contribution in [2.45, 2.75) is 6.92 Å². The van der Waals surface area contributed by atoms with Gasteiger partial charge in [-0.2, -0.15) is 0 Å². The normalized spacial score (nSPS) is 9.81. The van der Waals surface area contributed by atoms with Crippen LogP contribution in [0.5, 0.6) is 0 Å². The Bertz CT molecular complexity index is 675. The molecule has 0 atom stereocenters. The Balaban J connectivity index is 2.03. The number of thiocarbonyl (C=S) groups is 1. The molecule has 0 spiro atoms. The summed E-state index contributed by atoms with van der Waals surface area (Å²) in [5.41, 5.74) is 1.64. The van der Waals surface area contributed by atoms with Crippen LogP contribution >= 0.6 is 12.2 Å². The molecule has 0 aliphatic rings. The van der Waals surface area contributed by atoms with E-state index in [1.807, 2.05) is 0 Å². The van der Waals surface area contributed by atoms with Crippen molar-refractivity contribution in [3.63, 3.8) is 0 Å². The first-order valence-corrected chi connectivity index (χ1v) is 6.65. The van der Waals surface area contributed by atoms with Crippen LogP contribution < -0.4 is 16.0 Å². The third-order valence-corrected chi connectivity index (χ3v) is 2.77. The maximum absolute atomic E-state index is 13.5. The maximum Gasteiger partial charge on any atom is 0.221 e. The fourth-order valence-corrected chi connectivity index (χ4v) is 1.95. The Morgan fingerprint density at radius 1 is 1.00 bits per heavy atom. The molecule has 21 heavy (non-hydrogen) atoms. The molecule has 0 aromatic heterocycles. The van der Waals surface area contributed by atoms with Gasteiger partial charge in [0.25, 0.3) is 0 Å². The van der Waals surface area contributed by atoms with Crippen LogP contribution in [0.4, 0.5) is 21.5 Å². The summed E-state index contributed by atoms with van der Waals surface area (Å²) >= 11 is 5.13. The lowest BCUT2D eigenvalue weighted by atomic mass is 10.2. The van der Waals surface area contributed by atoms with Gasteiger partial charge < -0.3 is 16.0 Å². The number of amides is 1. The molecule has 2 aromatic carbocycles. The summed E-state index contributed by atoms with van der Waals surface area (Å²) in [7, 11) is 0. The Morgan fingerprint density at radius 2 is 1.67 bits per heavy atom. The highest BCUT2D eigenvalue weighted by Gasteiger charge is 2.04. The van der Waals surface area contributed by atoms with Crippen LogP contribution in [0.2, 0.25) is 0 Å². The predicted octanol–water partition coefficient (Wildman–Crippen LogP) is 3.59. The SMILES string of the molecule is CC(=O)Nc1cccc(NC(=S)Nc2ccccc2F)c1. The van der Waals surface area contributed by atoms with Gasteiger partial charge in [-0.15, -0.1) is 0 Å². The van der Waals surface area contributed by atoms with Gasteiger partial charge in [0.2, 0.25) is 5.91 Å². The predicted molar refractivity (Wildman–Crippen MR) is 87.0 cm³/mol. The van der Waals surface area contributed by atoms with Gasteiger partial charge in [0.15, 0.2) is 5.11 Å². The lowest BCUT2D eigenvalue weighted by Gasteiger charge is -2.12. The Kier molecular flexibility index (Phi) is 4.84. The molecular weight excluding hydrogens is 289 g/mol. The quantitative estimate of drug-likeness (QED) is 0.759. The Labute approximate surface area is 127 Å². The van der Waals surface area contributed by atoms with Crippen molar-refractivity contribution in [3.8, 4) is 0 Å². The number of carbonyl (C=O) groups excluding carboxylic acids is 1. The van der Waals surface area contributed by atoms with Crippen LogP contribution in [0, 0.1) is 5.82 Å². The minimum atomic E-state index is -0.381. The van der Waals surface area contributed by atoms with Gasteiger partial charge >= 0.3 is 0 Å². The number of halogens is 1. The lowest BCUT2D eigenvalue weighted by Crippen LogP contribution is -2.19. The topological polar surface area (TPSA) is 53.2 Å². The van der Waals surface area contributed by atoms with Crippen molar-refractivity contribution in [1.29, 1.82) is 0 Å². The van der Waals surface area contributed by atoms with E-state index < -0.39 is 0 Å². The molecule has 2 rings (SSSR count). The Morgan fingerprint density at radius 3 is 2.33 bits per heavy atom. The number of rotatable bonds is 3. The number of carbonyl (C=O) groups is 1. The zero-order valence-electron chi connectivity index (χ0n) is 11.3. The average Bonchev–Trinajstić information content (AvgIpc) is 2.41. The second kappa shape index (κ2) is 6.81. The highest BCUT2D eigenvalue weighted by molar-refractivity contribution is 7.80. The monoisotopic (exact) mass is 303 g/mol. The van der Waals surface area contributed by atoms with Gasteiger partial charge in [-0.3, -0.25) is 4.79 Å². The van der Waals surface area contributed by atoms with Gasteiger partial charge in [0.1, 0.15) is 5.82 Å². The molecule has 0 radical (unpaired) electrons. The molecular formula is C15H14FN3OS. The molecule has 0 bridgehead atoms. The minimum Gasteiger partial charge on any atom is -0.332 e. The molecule has 2 aromatic rings. The first-order valence-electron chi connectivity index (χ1n) is 6.25. The maximum atomic E-state index is 13.5. The number of para-hydroxylation sites is 1. The minimum absolute atomic E-state index is 0.154. The fraction of sp³-hybridized carbons (Fsp3) is 0.0667. The van der Waals surface area contributed by atoms with E-state index in [2.05, 4.69) is 16.0 Å². The highest BCUT2D eigenvalue weighted by atomic mass is 32.1. The highest BCUT2D eigenvalue weighted by Crippen LogP contribution is 2.17. The number of hydrogen-bond donors (Lipinski definition) is 3. The molecule has 108 valence electrons. The summed E-state index contributed by atoms with van der Waals surface area (Å²) in [6.07, 6.45) is 0. The van der Waals surface area contributed by atoms with Crippen molar-refractivity contribution < 1.29 is 9.18 Å². The van der Waals surface area contributed by atoms with E-state index in [1.54, 1.807) is 42.5 Å². The molecule has 0 aliphatic heterocycles. The van der Waals surface area contributed by atoms with Crippen LogP contribution in [0.1, 0.15) is 6.92 Å². The second-order valence-corrected chi connectivity index (χ2v) is 4.73. The molecule has 1 amide bonds. The smallest absolute Gasteiger partial charge is 0.221 e. The molecule has 0 heterocycles. The van der Waals surface area contributed by atoms with Crippen LogP contribution in [-0.2, 0) is 4.79 Å². The van der Waals surface area contributed by atoms with E-state index in [-0.39, 0.29) is 16.8 Å². The molecule has 4 nitrogen and oxygen atoms in total. The average molecular weight is 303 g/mol. The number of anilines is 3. The molecule has 6 heteroatoms. The van der Waals surface area contributed by atoms with Crippen molar-refractivity contribution >= 4 is 40.3 Å². The second-order valence-electron chi connectivity index (χ2n) is 4.32. The number of hydrogen-bond acceptors (Lipinski definition) is 2. The third-order valence-electron chi connectivity index (χ3n) is 2.56. The van der Waals surface area contributed by atoms with E-state index in [0.717, 1.165) is 0 Å². The summed E-state index contributed by atoms with van der Waals surface area (Å²) in [6.45, 7) is 1.43. The molecule has 0 saturated heterocycles. The first-order chi connectivity index (χ1) is 10.0. The van der Waals surface area contributed by atoms with E-state index in [0.29, 0.717) is 17.1 Å². The summed E-state index contributed by atoms with van der Waals surface area (Å²) in [6, 6.07) is 13.3. The van der Waals surface area contributed by atoms with Gasteiger partial charge in [-0.05, 0) is 42.5 Å². The molecule has 3 N–H and O–H groups in total. The van der Waals surface area contributed by atoms with Crippen molar-refractivity contribution in [2.75, 3.05) is 16.0 Å². The van der Waals surface area contributed by atoms with E-state index in [9.17, 15) is 9.18 Å². The standard InChI is InChI=1S/C15H14FN3OS/c1-10(20)17-11-5-4-6-12(9-11)18-15(21)19-14-8-3-2-7-13(14)16/h2-9H,1H3,(H,17,20)(H2,18,19,21). The molecule has 0 unspecified atom stereocenters. The summed E-state index contributed by atoms with van der Waals surface area (Å²) in [5.74, 6) is -0.534. The number of benzene rings is 2. The molecule has 0 aliphatic carbocycles. The van der Waals surface area contributed by atoms with Crippen LogP contribution in [0.3, 0.4) is 0 Å². The third kappa shape index (κ3) is 4.54. The number of nitrogens with one attached hydrogen (secondary N) is 3. The summed E-state index contributed by atoms with van der Waals surface area (Å²) in [5, 5.41) is 8.65. The summed E-state index contributed by atoms with van der Waals surface area (Å²) in [4.78, 5) is 11.0. The largest absolute Gasteiger partial charge is 0.332 e. The van der Waals surface area contributed by atoms with Crippen molar-refractivity contribution in [3.05, 3.63) is 54.3 Å². The summed E-state index contributed by atoms with van der Waals surface area (Å²) < 4.78 is 13.5. The zero-order valence-corrected chi connectivity index (χ0v) is 12.1. The van der Waals surface area contributed by atoms with Gasteiger partial charge in [0.05, 0.1) is 5.69 Å². The van der Waals surface area contributed by atoms with Crippen LogP contribution in [0.15, 0.2) is 48.5 Å². The van der Waals surface area contributed by atoms with Crippen molar-refractivity contribution in [2.24, 2.45) is 0 Å². The van der Waals surface area contributed by atoms with Crippen molar-refractivity contribution in [1.82, 2.24) is 0 Å². The van der Waals surface area contributed by atoms with E-state index in [1.165, 1.54) is 13.0 Å². The van der Waals surface area contributed by atoms with Gasteiger partial charge in [-0.1, -0.05) is 18.2 Å².